The zero-order valence-corrected chi connectivity index (χ0v) is 22.2. The lowest BCUT2D eigenvalue weighted by Gasteiger charge is -2.27. The summed E-state index contributed by atoms with van der Waals surface area (Å²) in [4.78, 5) is 2.03. The Hall–Kier alpha value is -3.26. The van der Waals surface area contributed by atoms with Crippen molar-refractivity contribution >= 4 is 0 Å². The fourth-order valence-electron chi connectivity index (χ4n) is 4.08. The van der Waals surface area contributed by atoms with Crippen molar-refractivity contribution in [3.8, 4) is 23.0 Å². The van der Waals surface area contributed by atoms with Gasteiger partial charge in [-0.25, -0.2) is 0 Å². The molecular weight excluding hydrogens is 470 g/mol. The molecule has 0 saturated carbocycles. The van der Waals surface area contributed by atoms with Crippen molar-refractivity contribution in [2.75, 3.05) is 47.1 Å². The van der Waals surface area contributed by atoms with E-state index in [1.807, 2.05) is 85.5 Å². The van der Waals surface area contributed by atoms with Crippen LogP contribution >= 0.6 is 0 Å². The lowest BCUT2D eigenvalue weighted by atomic mass is 10.1. The van der Waals surface area contributed by atoms with Gasteiger partial charge in [-0.1, -0.05) is 30.3 Å². The minimum absolute atomic E-state index is 0.159. The van der Waals surface area contributed by atoms with Crippen LogP contribution in [0.15, 0.2) is 66.7 Å². The number of hydrogen-bond donors (Lipinski definition) is 2. The number of aliphatic hydroxyl groups excluding tert-OH is 2. The number of methoxy groups -OCH3 is 2. The predicted molar refractivity (Wildman–Crippen MR) is 145 cm³/mol. The Morgan fingerprint density at radius 2 is 1.24 bits per heavy atom. The fraction of sp³-hybridized carbons (Fsp3) is 0.400. The van der Waals surface area contributed by atoms with Crippen molar-refractivity contribution in [3.63, 3.8) is 0 Å². The summed E-state index contributed by atoms with van der Waals surface area (Å²) in [6, 6.07) is 21.3. The standard InChI is InChI=1S/C30H39NO6/c1-22-7-5-9-27(15-22)36-20-25(32)18-31(14-13-24-11-12-29(34-3)30(17-24)35-4)19-26(33)21-37-28-10-6-8-23(2)16-28/h5-12,15-17,25-26,32-33H,13-14,18-21H2,1-4H3. The molecular formula is C30H39NO6. The summed E-state index contributed by atoms with van der Waals surface area (Å²) >= 11 is 0. The first-order valence-corrected chi connectivity index (χ1v) is 12.5. The van der Waals surface area contributed by atoms with E-state index in [9.17, 15) is 10.2 Å². The topological polar surface area (TPSA) is 80.6 Å². The van der Waals surface area contributed by atoms with Crippen molar-refractivity contribution in [1.29, 1.82) is 0 Å². The second-order valence-electron chi connectivity index (χ2n) is 9.26. The van der Waals surface area contributed by atoms with E-state index in [-0.39, 0.29) is 13.2 Å². The largest absolute Gasteiger partial charge is 0.493 e. The molecule has 7 nitrogen and oxygen atoms in total. The van der Waals surface area contributed by atoms with E-state index in [1.54, 1.807) is 14.2 Å². The zero-order chi connectivity index (χ0) is 26.6. The smallest absolute Gasteiger partial charge is 0.160 e. The van der Waals surface area contributed by atoms with Crippen LogP contribution in [0.1, 0.15) is 16.7 Å². The lowest BCUT2D eigenvalue weighted by molar-refractivity contribution is 0.0317. The van der Waals surface area contributed by atoms with Crippen LogP contribution in [-0.2, 0) is 6.42 Å². The highest BCUT2D eigenvalue weighted by Gasteiger charge is 2.18. The first-order chi connectivity index (χ1) is 17.9. The van der Waals surface area contributed by atoms with Crippen LogP contribution in [0.4, 0.5) is 0 Å². The Labute approximate surface area is 220 Å². The molecule has 0 aliphatic heterocycles. The summed E-state index contributed by atoms with van der Waals surface area (Å²) in [5, 5.41) is 21.5. The van der Waals surface area contributed by atoms with E-state index in [1.165, 1.54) is 0 Å². The summed E-state index contributed by atoms with van der Waals surface area (Å²) in [5.74, 6) is 2.80. The summed E-state index contributed by atoms with van der Waals surface area (Å²) in [5.41, 5.74) is 3.26. The summed E-state index contributed by atoms with van der Waals surface area (Å²) in [6.45, 7) is 5.64. The van der Waals surface area contributed by atoms with Crippen LogP contribution in [0.25, 0.3) is 0 Å². The van der Waals surface area contributed by atoms with Gasteiger partial charge in [-0.15, -0.1) is 0 Å². The molecule has 2 unspecified atom stereocenters. The molecule has 0 aliphatic carbocycles. The molecule has 0 aromatic heterocycles. The first-order valence-electron chi connectivity index (χ1n) is 12.5. The van der Waals surface area contributed by atoms with Gasteiger partial charge in [-0.2, -0.15) is 0 Å². The van der Waals surface area contributed by atoms with Gasteiger partial charge >= 0.3 is 0 Å². The molecule has 0 fully saturated rings. The van der Waals surface area contributed by atoms with Crippen LogP contribution in [0, 0.1) is 13.8 Å². The first kappa shape index (κ1) is 28.3. The summed E-state index contributed by atoms with van der Waals surface area (Å²) in [7, 11) is 3.23. The van der Waals surface area contributed by atoms with Gasteiger partial charge in [0, 0.05) is 19.6 Å². The van der Waals surface area contributed by atoms with E-state index >= 15 is 0 Å². The quantitative estimate of drug-likeness (QED) is 0.320. The number of rotatable bonds is 15. The third-order valence-corrected chi connectivity index (χ3v) is 5.97. The second kappa shape index (κ2) is 14.5. The summed E-state index contributed by atoms with van der Waals surface area (Å²) < 4.78 is 22.4. The summed E-state index contributed by atoms with van der Waals surface area (Å²) in [6.07, 6.45) is -0.747. The molecule has 0 saturated heterocycles. The van der Waals surface area contributed by atoms with Crippen LogP contribution < -0.4 is 18.9 Å². The maximum atomic E-state index is 10.7. The molecule has 2 atom stereocenters. The molecule has 3 rings (SSSR count). The van der Waals surface area contributed by atoms with E-state index in [4.69, 9.17) is 18.9 Å². The van der Waals surface area contributed by atoms with Crippen molar-refractivity contribution in [3.05, 3.63) is 83.4 Å². The molecule has 0 aliphatic rings. The number of nitrogens with zero attached hydrogens (tertiary/aromatic N) is 1. The Balaban J connectivity index is 1.60. The molecule has 200 valence electrons. The van der Waals surface area contributed by atoms with E-state index in [0.717, 1.165) is 28.2 Å². The van der Waals surface area contributed by atoms with Gasteiger partial charge in [-0.05, 0) is 73.4 Å². The number of hydrogen-bond acceptors (Lipinski definition) is 7. The Bertz CT molecular complexity index is 1050. The third-order valence-electron chi connectivity index (χ3n) is 5.97. The average molecular weight is 510 g/mol. The van der Waals surface area contributed by atoms with Gasteiger partial charge in [0.1, 0.15) is 36.9 Å². The van der Waals surface area contributed by atoms with Crippen molar-refractivity contribution < 1.29 is 29.2 Å². The SMILES string of the molecule is COc1ccc(CCN(CC(O)COc2cccc(C)c2)CC(O)COc2cccc(C)c2)cc1OC. The minimum Gasteiger partial charge on any atom is -0.493 e. The van der Waals surface area contributed by atoms with Crippen LogP contribution in [-0.4, -0.2) is 74.4 Å². The molecule has 37 heavy (non-hydrogen) atoms. The molecule has 7 heteroatoms. The molecule has 0 radical (unpaired) electrons. The van der Waals surface area contributed by atoms with Crippen LogP contribution in [0.3, 0.4) is 0 Å². The number of aliphatic hydroxyl groups is 2. The number of ether oxygens (including phenoxy) is 4. The Morgan fingerprint density at radius 3 is 1.73 bits per heavy atom. The highest BCUT2D eigenvalue weighted by molar-refractivity contribution is 5.43. The van der Waals surface area contributed by atoms with Crippen molar-refractivity contribution in [2.24, 2.45) is 0 Å². The molecule has 2 N–H and O–H groups in total. The lowest BCUT2D eigenvalue weighted by Crippen LogP contribution is -2.42. The van der Waals surface area contributed by atoms with Gasteiger partial charge in [-0.3, -0.25) is 4.90 Å². The predicted octanol–water partition coefficient (Wildman–Crippen LogP) is 4.04. The highest BCUT2D eigenvalue weighted by Crippen LogP contribution is 2.27. The molecule has 0 heterocycles. The molecule has 0 spiro atoms. The molecule has 0 bridgehead atoms. The Kier molecular flexibility index (Phi) is 11.1. The Morgan fingerprint density at radius 1 is 0.703 bits per heavy atom. The molecule has 3 aromatic carbocycles. The van der Waals surface area contributed by atoms with E-state index in [0.29, 0.717) is 37.6 Å². The van der Waals surface area contributed by atoms with Gasteiger partial charge in [0.25, 0.3) is 0 Å². The normalized spacial score (nSPS) is 12.7. The van der Waals surface area contributed by atoms with Crippen LogP contribution in [0.2, 0.25) is 0 Å². The van der Waals surface area contributed by atoms with Crippen molar-refractivity contribution in [2.45, 2.75) is 32.5 Å². The molecule has 3 aromatic rings. The maximum absolute atomic E-state index is 10.7. The van der Waals surface area contributed by atoms with Crippen molar-refractivity contribution in [1.82, 2.24) is 4.90 Å². The van der Waals surface area contributed by atoms with E-state index < -0.39 is 12.2 Å². The number of aryl methyl sites for hydroxylation is 2. The van der Waals surface area contributed by atoms with Gasteiger partial charge < -0.3 is 29.2 Å². The highest BCUT2D eigenvalue weighted by atomic mass is 16.5. The third kappa shape index (κ3) is 9.61. The fourth-order valence-corrected chi connectivity index (χ4v) is 4.08. The second-order valence-corrected chi connectivity index (χ2v) is 9.26. The maximum Gasteiger partial charge on any atom is 0.160 e. The monoisotopic (exact) mass is 509 g/mol. The van der Waals surface area contributed by atoms with E-state index in [2.05, 4.69) is 0 Å². The van der Waals surface area contributed by atoms with Gasteiger partial charge in [0.15, 0.2) is 11.5 Å². The molecule has 0 amide bonds. The number of benzene rings is 3. The van der Waals surface area contributed by atoms with Gasteiger partial charge in [0.05, 0.1) is 14.2 Å². The zero-order valence-electron chi connectivity index (χ0n) is 22.2. The minimum atomic E-state index is -0.726. The van der Waals surface area contributed by atoms with Gasteiger partial charge in [0.2, 0.25) is 0 Å². The average Bonchev–Trinajstić information content (AvgIpc) is 2.89. The van der Waals surface area contributed by atoms with Crippen LogP contribution in [0.5, 0.6) is 23.0 Å².